The van der Waals surface area contributed by atoms with Crippen molar-refractivity contribution in [3.05, 3.63) is 39.1 Å². The van der Waals surface area contributed by atoms with Crippen molar-refractivity contribution in [1.29, 1.82) is 5.26 Å². The van der Waals surface area contributed by atoms with Crippen LogP contribution in [0.5, 0.6) is 0 Å². The molecule has 0 fully saturated rings. The minimum atomic E-state index is -0.347. The van der Waals surface area contributed by atoms with Crippen molar-refractivity contribution in [2.45, 2.75) is 46.5 Å². The molecule has 0 heterocycles. The molecule has 0 unspecified atom stereocenters. The van der Waals surface area contributed by atoms with Crippen molar-refractivity contribution in [3.63, 3.8) is 0 Å². The maximum absolute atomic E-state index is 12.4. The van der Waals surface area contributed by atoms with Crippen LogP contribution in [0.1, 0.15) is 45.1 Å². The molecule has 24 heavy (non-hydrogen) atoms. The Bertz CT molecular complexity index is 612. The molecular weight excluding hydrogens is 413 g/mol. The minimum Gasteiger partial charge on any atom is -0.376 e. The second kappa shape index (κ2) is 11.1. The van der Waals surface area contributed by atoms with E-state index in [9.17, 15) is 10.1 Å². The minimum absolute atomic E-state index is 0.153. The van der Waals surface area contributed by atoms with Gasteiger partial charge in [0.05, 0.1) is 0 Å². The van der Waals surface area contributed by atoms with E-state index in [4.69, 9.17) is 0 Å². The molecule has 0 atom stereocenters. The average molecular weight is 439 g/mol. The van der Waals surface area contributed by atoms with Crippen LogP contribution in [0.15, 0.2) is 30.0 Å². The third-order valence-corrected chi connectivity index (χ3v) is 4.38. The van der Waals surface area contributed by atoms with E-state index in [0.717, 1.165) is 53.6 Å². The molecule has 0 saturated heterocycles. The highest BCUT2D eigenvalue weighted by Gasteiger charge is 2.12. The van der Waals surface area contributed by atoms with Crippen molar-refractivity contribution in [2.24, 2.45) is 0 Å². The Morgan fingerprint density at radius 1 is 1.29 bits per heavy atom. The predicted octanol–water partition coefficient (Wildman–Crippen LogP) is 4.85. The molecule has 1 aromatic rings. The van der Waals surface area contributed by atoms with Crippen LogP contribution in [0.4, 0.5) is 5.69 Å². The van der Waals surface area contributed by atoms with Crippen molar-refractivity contribution in [1.82, 2.24) is 4.90 Å². The van der Waals surface area contributed by atoms with Gasteiger partial charge in [0, 0.05) is 28.5 Å². The summed E-state index contributed by atoms with van der Waals surface area (Å²) in [6.45, 7) is 7.97. The van der Waals surface area contributed by atoms with Crippen molar-refractivity contribution >= 4 is 34.2 Å². The van der Waals surface area contributed by atoms with Gasteiger partial charge in [-0.25, -0.2) is 0 Å². The number of halogens is 1. The third-order valence-electron chi connectivity index (χ3n) is 3.71. The standard InChI is InChI=1S/C19H26IN3O/c1-4-6-10-23(11-7-5-2)14-16(13-21)19(24)22-18-9-8-17(20)12-15(18)3/h8-9,12,14H,4-7,10-11H2,1-3H3,(H,22,24)/b16-14-. The number of nitrogens with one attached hydrogen (secondary N) is 1. The van der Waals surface area contributed by atoms with Gasteiger partial charge in [0.1, 0.15) is 11.6 Å². The summed E-state index contributed by atoms with van der Waals surface area (Å²) in [6, 6.07) is 7.85. The highest BCUT2D eigenvalue weighted by Crippen LogP contribution is 2.18. The van der Waals surface area contributed by atoms with Gasteiger partial charge in [0.15, 0.2) is 0 Å². The van der Waals surface area contributed by atoms with E-state index in [1.165, 1.54) is 0 Å². The molecule has 0 aromatic heterocycles. The maximum Gasteiger partial charge on any atom is 0.267 e. The maximum atomic E-state index is 12.4. The number of unbranched alkanes of at least 4 members (excludes halogenated alkanes) is 2. The molecule has 0 bridgehead atoms. The monoisotopic (exact) mass is 439 g/mol. The lowest BCUT2D eigenvalue weighted by molar-refractivity contribution is -0.112. The quantitative estimate of drug-likeness (QED) is 0.340. The summed E-state index contributed by atoms with van der Waals surface area (Å²) in [4.78, 5) is 14.5. The molecule has 130 valence electrons. The first-order valence-electron chi connectivity index (χ1n) is 8.45. The van der Waals surface area contributed by atoms with E-state index in [1.807, 2.05) is 31.2 Å². The lowest BCUT2D eigenvalue weighted by Crippen LogP contribution is -2.23. The summed E-state index contributed by atoms with van der Waals surface area (Å²) in [6.07, 6.45) is 6.00. The van der Waals surface area contributed by atoms with Gasteiger partial charge in [-0.3, -0.25) is 4.79 Å². The zero-order valence-corrected chi connectivity index (χ0v) is 16.9. The van der Waals surface area contributed by atoms with Gasteiger partial charge in [-0.2, -0.15) is 5.26 Å². The predicted molar refractivity (Wildman–Crippen MR) is 108 cm³/mol. The fourth-order valence-corrected chi connectivity index (χ4v) is 2.89. The van der Waals surface area contributed by atoms with E-state index >= 15 is 0 Å². The number of benzene rings is 1. The van der Waals surface area contributed by atoms with Crippen molar-refractivity contribution in [2.75, 3.05) is 18.4 Å². The van der Waals surface area contributed by atoms with Gasteiger partial charge in [-0.05, 0) is 66.1 Å². The first-order chi connectivity index (χ1) is 11.5. The second-order valence-corrected chi connectivity index (χ2v) is 7.06. The molecule has 0 spiro atoms. The smallest absolute Gasteiger partial charge is 0.267 e. The third kappa shape index (κ3) is 6.91. The van der Waals surface area contributed by atoms with Gasteiger partial charge in [-0.1, -0.05) is 26.7 Å². The Morgan fingerprint density at radius 3 is 2.42 bits per heavy atom. The zero-order chi connectivity index (χ0) is 17.9. The molecule has 1 rings (SSSR count). The van der Waals surface area contributed by atoms with Crippen LogP contribution in [-0.2, 0) is 4.79 Å². The molecule has 4 nitrogen and oxygen atoms in total. The van der Waals surface area contributed by atoms with Crippen molar-refractivity contribution < 1.29 is 4.79 Å². The molecule has 1 amide bonds. The number of carbonyl (C=O) groups excluding carboxylic acids is 1. The molecule has 0 aliphatic rings. The van der Waals surface area contributed by atoms with E-state index in [0.29, 0.717) is 0 Å². The number of hydrogen-bond acceptors (Lipinski definition) is 3. The van der Waals surface area contributed by atoms with Crippen LogP contribution in [0.3, 0.4) is 0 Å². The van der Waals surface area contributed by atoms with Crippen LogP contribution in [0.2, 0.25) is 0 Å². The molecule has 5 heteroatoms. The van der Waals surface area contributed by atoms with Crippen molar-refractivity contribution in [3.8, 4) is 6.07 Å². The molecule has 0 radical (unpaired) electrons. The number of aryl methyl sites for hydroxylation is 1. The van der Waals surface area contributed by atoms with Gasteiger partial charge < -0.3 is 10.2 Å². The Hall–Kier alpha value is -1.55. The highest BCUT2D eigenvalue weighted by atomic mass is 127. The highest BCUT2D eigenvalue weighted by molar-refractivity contribution is 14.1. The summed E-state index contributed by atoms with van der Waals surface area (Å²) in [7, 11) is 0. The van der Waals surface area contributed by atoms with Crippen LogP contribution in [0, 0.1) is 21.8 Å². The van der Waals surface area contributed by atoms with E-state index < -0.39 is 0 Å². The number of nitriles is 1. The summed E-state index contributed by atoms with van der Waals surface area (Å²) < 4.78 is 1.12. The molecule has 0 saturated carbocycles. The lowest BCUT2D eigenvalue weighted by Gasteiger charge is -2.20. The van der Waals surface area contributed by atoms with E-state index in [2.05, 4.69) is 46.7 Å². The summed E-state index contributed by atoms with van der Waals surface area (Å²) in [5.41, 5.74) is 1.89. The molecule has 0 aliphatic carbocycles. The van der Waals surface area contributed by atoms with Crippen LogP contribution < -0.4 is 5.32 Å². The van der Waals surface area contributed by atoms with Crippen LogP contribution in [0.25, 0.3) is 0 Å². The van der Waals surface area contributed by atoms with Crippen LogP contribution in [-0.4, -0.2) is 23.9 Å². The van der Waals surface area contributed by atoms with Gasteiger partial charge >= 0.3 is 0 Å². The normalized spacial score (nSPS) is 11.0. The van der Waals surface area contributed by atoms with E-state index in [-0.39, 0.29) is 11.5 Å². The topological polar surface area (TPSA) is 56.1 Å². The van der Waals surface area contributed by atoms with E-state index in [1.54, 1.807) is 6.20 Å². The lowest BCUT2D eigenvalue weighted by atomic mass is 10.2. The van der Waals surface area contributed by atoms with Crippen LogP contribution >= 0.6 is 22.6 Å². The average Bonchev–Trinajstić information content (AvgIpc) is 2.56. The van der Waals surface area contributed by atoms with Gasteiger partial charge in [0.25, 0.3) is 5.91 Å². The summed E-state index contributed by atoms with van der Waals surface area (Å²) in [5.74, 6) is -0.347. The first kappa shape index (κ1) is 20.5. The fourth-order valence-electron chi connectivity index (χ4n) is 2.24. The fraction of sp³-hybridized carbons (Fsp3) is 0.474. The molecule has 1 aromatic carbocycles. The Balaban J connectivity index is 2.87. The number of rotatable bonds is 9. The number of nitrogens with zero attached hydrogens (tertiary/aromatic N) is 2. The number of hydrogen-bond donors (Lipinski definition) is 1. The molecular formula is C19H26IN3O. The Morgan fingerprint density at radius 2 is 1.92 bits per heavy atom. The largest absolute Gasteiger partial charge is 0.376 e. The SMILES string of the molecule is CCCCN(/C=C(/C#N)C(=O)Nc1ccc(I)cc1C)CCCC. The number of carbonyl (C=O) groups is 1. The second-order valence-electron chi connectivity index (χ2n) is 5.81. The van der Waals surface area contributed by atoms with Gasteiger partial charge in [0.2, 0.25) is 0 Å². The Labute approximate surface area is 159 Å². The molecule has 0 aliphatic heterocycles. The number of anilines is 1. The first-order valence-corrected chi connectivity index (χ1v) is 9.53. The number of amides is 1. The summed E-state index contributed by atoms with van der Waals surface area (Å²) in [5, 5.41) is 12.2. The summed E-state index contributed by atoms with van der Waals surface area (Å²) >= 11 is 2.23. The zero-order valence-electron chi connectivity index (χ0n) is 14.7. The molecule has 1 N–H and O–H groups in total. The van der Waals surface area contributed by atoms with Gasteiger partial charge in [-0.15, -0.1) is 0 Å². The Kier molecular flexibility index (Phi) is 9.46.